The van der Waals surface area contributed by atoms with Crippen molar-refractivity contribution in [3.05, 3.63) is 28.6 Å². The van der Waals surface area contributed by atoms with E-state index < -0.39 is 0 Å². The second-order valence-electron chi connectivity index (χ2n) is 5.99. The van der Waals surface area contributed by atoms with Gasteiger partial charge in [-0.25, -0.2) is 9.97 Å². The number of nitrogens with zero attached hydrogens (tertiary/aromatic N) is 3. The van der Waals surface area contributed by atoms with Crippen LogP contribution in [0.1, 0.15) is 48.1 Å². The molecule has 2 aromatic heterocycles. The van der Waals surface area contributed by atoms with Crippen LogP contribution < -0.4 is 15.4 Å². The van der Waals surface area contributed by atoms with Gasteiger partial charge in [-0.3, -0.25) is 4.79 Å². The lowest BCUT2D eigenvalue weighted by Crippen LogP contribution is -2.34. The molecule has 2 N–H and O–H groups in total. The first-order valence-electron chi connectivity index (χ1n) is 8.07. The van der Waals surface area contributed by atoms with Gasteiger partial charge in [0.15, 0.2) is 0 Å². The number of rotatable bonds is 5. The van der Waals surface area contributed by atoms with Crippen molar-refractivity contribution in [3.8, 4) is 5.88 Å². The number of hydrogen-bond donors (Lipinski definition) is 2. The summed E-state index contributed by atoms with van der Waals surface area (Å²) in [7, 11) is 0. The maximum atomic E-state index is 12.4. The van der Waals surface area contributed by atoms with Crippen LogP contribution in [0.3, 0.4) is 0 Å². The van der Waals surface area contributed by atoms with Crippen LogP contribution in [0, 0.1) is 0 Å². The number of carbonyl (C=O) groups excluding carboxylic acids is 1. The lowest BCUT2D eigenvalue weighted by atomic mass is 10.1. The predicted octanol–water partition coefficient (Wildman–Crippen LogP) is 2.44. The summed E-state index contributed by atoms with van der Waals surface area (Å²) < 4.78 is 5.94. The number of hydrogen-bond acceptors (Lipinski definition) is 7. The van der Waals surface area contributed by atoms with Gasteiger partial charge in [0.1, 0.15) is 23.8 Å². The fourth-order valence-electron chi connectivity index (χ4n) is 2.41. The molecule has 3 heterocycles. The standard InChI is InChI=1S/C16H21N5O2S/c1-10(2)16-21-13(8-24-16)14(22)20-12-7-18-9-19-15(12)23-11-3-5-17-6-4-11/h7-11,17H,3-6H2,1-2H3,(H,20,22). The van der Waals surface area contributed by atoms with Crippen molar-refractivity contribution in [3.63, 3.8) is 0 Å². The van der Waals surface area contributed by atoms with Crippen molar-refractivity contribution in [2.24, 2.45) is 0 Å². The van der Waals surface area contributed by atoms with E-state index in [2.05, 4.69) is 39.4 Å². The first kappa shape index (κ1) is 16.8. The Labute approximate surface area is 144 Å². The third kappa shape index (κ3) is 4.07. The van der Waals surface area contributed by atoms with E-state index in [-0.39, 0.29) is 12.0 Å². The third-order valence-corrected chi connectivity index (χ3v) is 4.88. The van der Waals surface area contributed by atoms with Crippen molar-refractivity contribution >= 4 is 22.9 Å². The monoisotopic (exact) mass is 347 g/mol. The van der Waals surface area contributed by atoms with Gasteiger partial charge in [-0.2, -0.15) is 4.98 Å². The van der Waals surface area contributed by atoms with Crippen LogP contribution in [0.15, 0.2) is 17.9 Å². The molecule has 24 heavy (non-hydrogen) atoms. The quantitative estimate of drug-likeness (QED) is 0.863. The average Bonchev–Trinajstić information content (AvgIpc) is 3.08. The molecule has 7 nitrogen and oxygen atoms in total. The molecule has 0 saturated carbocycles. The Bertz CT molecular complexity index is 697. The minimum atomic E-state index is -0.275. The normalized spacial score (nSPS) is 15.5. The van der Waals surface area contributed by atoms with E-state index in [0.29, 0.717) is 23.2 Å². The molecule has 0 aliphatic carbocycles. The van der Waals surface area contributed by atoms with Gasteiger partial charge >= 0.3 is 0 Å². The molecule has 0 radical (unpaired) electrons. The molecule has 0 bridgehead atoms. The largest absolute Gasteiger partial charge is 0.473 e. The van der Waals surface area contributed by atoms with Gasteiger partial charge in [0.2, 0.25) is 5.88 Å². The average molecular weight is 347 g/mol. The highest BCUT2D eigenvalue weighted by Crippen LogP contribution is 2.24. The van der Waals surface area contributed by atoms with Crippen LogP contribution in [0.2, 0.25) is 0 Å². The molecule has 2 aromatic rings. The molecule has 0 atom stereocenters. The van der Waals surface area contributed by atoms with Gasteiger partial charge in [-0.1, -0.05) is 13.8 Å². The van der Waals surface area contributed by atoms with E-state index in [0.717, 1.165) is 30.9 Å². The van der Waals surface area contributed by atoms with Crippen LogP contribution in [0.25, 0.3) is 0 Å². The lowest BCUT2D eigenvalue weighted by molar-refractivity contribution is 0.102. The first-order chi connectivity index (χ1) is 11.6. The number of aromatic nitrogens is 3. The number of ether oxygens (including phenoxy) is 1. The second-order valence-corrected chi connectivity index (χ2v) is 6.88. The zero-order chi connectivity index (χ0) is 16.9. The minimum absolute atomic E-state index is 0.101. The van der Waals surface area contributed by atoms with Crippen LogP contribution in [0.5, 0.6) is 5.88 Å². The lowest BCUT2D eigenvalue weighted by Gasteiger charge is -2.24. The molecule has 1 aliphatic rings. The van der Waals surface area contributed by atoms with Gasteiger partial charge in [0.25, 0.3) is 5.91 Å². The summed E-state index contributed by atoms with van der Waals surface area (Å²) in [4.78, 5) is 24.9. The fraction of sp³-hybridized carbons (Fsp3) is 0.500. The minimum Gasteiger partial charge on any atom is -0.473 e. The molecule has 1 saturated heterocycles. The Balaban J connectivity index is 1.70. The van der Waals surface area contributed by atoms with Crippen molar-refractivity contribution in [1.29, 1.82) is 0 Å². The van der Waals surface area contributed by atoms with Crippen molar-refractivity contribution < 1.29 is 9.53 Å². The number of anilines is 1. The molecule has 8 heteroatoms. The molecule has 3 rings (SSSR count). The predicted molar refractivity (Wildman–Crippen MR) is 92.7 cm³/mol. The summed E-state index contributed by atoms with van der Waals surface area (Å²) in [6.45, 7) is 5.95. The van der Waals surface area contributed by atoms with Crippen LogP contribution >= 0.6 is 11.3 Å². The number of carbonyl (C=O) groups is 1. The molecule has 1 amide bonds. The highest BCUT2D eigenvalue weighted by atomic mass is 32.1. The summed E-state index contributed by atoms with van der Waals surface area (Å²) in [6.07, 6.45) is 4.91. The molecule has 0 aromatic carbocycles. The maximum Gasteiger partial charge on any atom is 0.275 e. The van der Waals surface area contributed by atoms with Gasteiger partial charge in [0, 0.05) is 11.3 Å². The fourth-order valence-corrected chi connectivity index (χ4v) is 3.23. The topological polar surface area (TPSA) is 89.0 Å². The molecular weight excluding hydrogens is 326 g/mol. The first-order valence-corrected chi connectivity index (χ1v) is 8.95. The van der Waals surface area contributed by atoms with E-state index >= 15 is 0 Å². The van der Waals surface area contributed by atoms with E-state index in [1.807, 2.05) is 0 Å². The van der Waals surface area contributed by atoms with Gasteiger partial charge in [-0.15, -0.1) is 11.3 Å². The van der Waals surface area contributed by atoms with Crippen LogP contribution in [-0.2, 0) is 0 Å². The zero-order valence-electron chi connectivity index (χ0n) is 13.8. The molecule has 1 fully saturated rings. The van der Waals surface area contributed by atoms with E-state index in [1.54, 1.807) is 11.6 Å². The van der Waals surface area contributed by atoms with Crippen molar-refractivity contribution in [1.82, 2.24) is 20.3 Å². The van der Waals surface area contributed by atoms with Gasteiger partial charge in [0.05, 0.1) is 11.2 Å². The van der Waals surface area contributed by atoms with Gasteiger partial charge in [-0.05, 0) is 25.9 Å². The van der Waals surface area contributed by atoms with E-state index in [4.69, 9.17) is 4.74 Å². The SMILES string of the molecule is CC(C)c1nc(C(=O)Nc2cncnc2OC2CCNCC2)cs1. The summed E-state index contributed by atoms with van der Waals surface area (Å²) in [6, 6.07) is 0. The van der Waals surface area contributed by atoms with Crippen molar-refractivity contribution in [2.45, 2.75) is 38.7 Å². The summed E-state index contributed by atoms with van der Waals surface area (Å²) in [5.74, 6) is 0.433. The molecule has 1 aliphatic heterocycles. The maximum absolute atomic E-state index is 12.4. The summed E-state index contributed by atoms with van der Waals surface area (Å²) >= 11 is 1.49. The summed E-state index contributed by atoms with van der Waals surface area (Å²) in [5, 5.41) is 8.80. The third-order valence-electron chi connectivity index (χ3n) is 3.74. The molecular formula is C16H21N5O2S. The number of thiazole rings is 1. The Hall–Kier alpha value is -2.06. The smallest absolute Gasteiger partial charge is 0.275 e. The second kappa shape index (κ2) is 7.67. The van der Waals surface area contributed by atoms with Crippen molar-refractivity contribution in [2.75, 3.05) is 18.4 Å². The number of nitrogens with one attached hydrogen (secondary N) is 2. The molecule has 0 unspecified atom stereocenters. The summed E-state index contributed by atoms with van der Waals surface area (Å²) in [5.41, 5.74) is 0.875. The Morgan fingerprint density at radius 2 is 2.21 bits per heavy atom. The number of piperidine rings is 1. The van der Waals surface area contributed by atoms with E-state index in [1.165, 1.54) is 17.7 Å². The Kier molecular flexibility index (Phi) is 5.37. The van der Waals surface area contributed by atoms with Crippen LogP contribution in [-0.4, -0.2) is 40.1 Å². The van der Waals surface area contributed by atoms with E-state index in [9.17, 15) is 4.79 Å². The Morgan fingerprint density at radius 1 is 1.42 bits per heavy atom. The zero-order valence-corrected chi connectivity index (χ0v) is 14.6. The van der Waals surface area contributed by atoms with Crippen LogP contribution in [0.4, 0.5) is 5.69 Å². The highest BCUT2D eigenvalue weighted by Gasteiger charge is 2.19. The van der Waals surface area contributed by atoms with Gasteiger partial charge < -0.3 is 15.4 Å². The molecule has 128 valence electrons. The number of amides is 1. The Morgan fingerprint density at radius 3 is 2.92 bits per heavy atom. The molecule has 0 spiro atoms. The highest BCUT2D eigenvalue weighted by molar-refractivity contribution is 7.09.